The molecule has 0 saturated heterocycles. The van der Waals surface area contributed by atoms with Crippen molar-refractivity contribution in [2.75, 3.05) is 10.6 Å². The van der Waals surface area contributed by atoms with Gasteiger partial charge < -0.3 is 10.6 Å². The average Bonchev–Trinajstić information content (AvgIpc) is 2.70. The van der Waals surface area contributed by atoms with Gasteiger partial charge in [-0.05, 0) is 83.1 Å². The molecule has 0 atom stereocenters. The van der Waals surface area contributed by atoms with Gasteiger partial charge in [-0.15, -0.1) is 0 Å². The molecule has 0 aromatic heterocycles. The Bertz CT molecular complexity index is 1070. The van der Waals surface area contributed by atoms with Crippen molar-refractivity contribution in [1.82, 2.24) is 5.32 Å². The summed E-state index contributed by atoms with van der Waals surface area (Å²) in [6, 6.07) is 21.5. The highest BCUT2D eigenvalue weighted by Crippen LogP contribution is 2.21. The van der Waals surface area contributed by atoms with Crippen LogP contribution in [0.1, 0.15) is 26.3 Å². The van der Waals surface area contributed by atoms with Crippen LogP contribution in [0.15, 0.2) is 77.3 Å². The first-order chi connectivity index (χ1) is 13.9. The summed E-state index contributed by atoms with van der Waals surface area (Å²) in [5, 5.41) is 8.72. The van der Waals surface area contributed by atoms with E-state index < -0.39 is 0 Å². The molecule has 0 unspecified atom stereocenters. The molecule has 2 amide bonds. The summed E-state index contributed by atoms with van der Waals surface area (Å²) in [6.07, 6.45) is 0. The number of aryl methyl sites for hydroxylation is 1. The smallest absolute Gasteiger partial charge is 0.258 e. The molecule has 3 aromatic carbocycles. The second kappa shape index (κ2) is 9.45. The van der Waals surface area contributed by atoms with Crippen LogP contribution in [0.2, 0.25) is 0 Å². The van der Waals surface area contributed by atoms with Gasteiger partial charge >= 0.3 is 0 Å². The molecule has 5 nitrogen and oxygen atoms in total. The number of benzene rings is 3. The molecule has 3 rings (SSSR count). The Morgan fingerprint density at radius 3 is 2.24 bits per heavy atom. The van der Waals surface area contributed by atoms with Gasteiger partial charge in [-0.25, -0.2) is 0 Å². The molecule has 3 aromatic rings. The number of halogens is 1. The van der Waals surface area contributed by atoms with Crippen LogP contribution in [-0.2, 0) is 0 Å². The third kappa shape index (κ3) is 5.49. The van der Waals surface area contributed by atoms with Gasteiger partial charge in [-0.2, -0.15) is 0 Å². The van der Waals surface area contributed by atoms with Crippen molar-refractivity contribution in [2.24, 2.45) is 0 Å². The van der Waals surface area contributed by atoms with E-state index in [4.69, 9.17) is 12.2 Å². The highest BCUT2D eigenvalue weighted by molar-refractivity contribution is 9.10. The molecule has 0 aliphatic heterocycles. The van der Waals surface area contributed by atoms with Crippen LogP contribution in [0.5, 0.6) is 0 Å². The lowest BCUT2D eigenvalue weighted by molar-refractivity contribution is 0.0975. The van der Waals surface area contributed by atoms with E-state index in [-0.39, 0.29) is 16.9 Å². The summed E-state index contributed by atoms with van der Waals surface area (Å²) < 4.78 is 0.689. The third-order valence-electron chi connectivity index (χ3n) is 4.11. The highest BCUT2D eigenvalue weighted by Gasteiger charge is 2.12. The van der Waals surface area contributed by atoms with Crippen LogP contribution in [0, 0.1) is 6.92 Å². The number of hydrogen-bond donors (Lipinski definition) is 3. The fourth-order valence-electron chi connectivity index (χ4n) is 2.64. The lowest BCUT2D eigenvalue weighted by Crippen LogP contribution is -2.34. The van der Waals surface area contributed by atoms with Crippen molar-refractivity contribution in [1.29, 1.82) is 0 Å². The van der Waals surface area contributed by atoms with Gasteiger partial charge in [0.2, 0.25) is 0 Å². The zero-order valence-electron chi connectivity index (χ0n) is 15.5. The van der Waals surface area contributed by atoms with E-state index in [2.05, 4.69) is 31.9 Å². The van der Waals surface area contributed by atoms with Crippen molar-refractivity contribution < 1.29 is 9.59 Å². The fraction of sp³-hybridized carbons (Fsp3) is 0.0455. The van der Waals surface area contributed by atoms with Crippen LogP contribution >= 0.6 is 28.1 Å². The number of carbonyl (C=O) groups is 2. The summed E-state index contributed by atoms with van der Waals surface area (Å²) in [5.74, 6) is -0.482. The molecule has 0 fully saturated rings. The van der Waals surface area contributed by atoms with E-state index >= 15 is 0 Å². The first-order valence-electron chi connectivity index (χ1n) is 8.78. The molecule has 0 aliphatic carbocycles. The van der Waals surface area contributed by atoms with Crippen LogP contribution in [-0.4, -0.2) is 16.9 Å². The number of carbonyl (C=O) groups excluding carboxylic acids is 2. The molecular weight excluding hydrogens is 450 g/mol. The monoisotopic (exact) mass is 467 g/mol. The van der Waals surface area contributed by atoms with Crippen molar-refractivity contribution in [2.45, 2.75) is 6.92 Å². The van der Waals surface area contributed by atoms with Gasteiger partial charge in [-0.1, -0.05) is 30.3 Å². The molecule has 0 bridgehead atoms. The topological polar surface area (TPSA) is 70.2 Å². The van der Waals surface area contributed by atoms with Crippen LogP contribution in [0.25, 0.3) is 0 Å². The molecule has 3 N–H and O–H groups in total. The lowest BCUT2D eigenvalue weighted by Gasteiger charge is -2.13. The van der Waals surface area contributed by atoms with Crippen molar-refractivity contribution in [3.63, 3.8) is 0 Å². The predicted molar refractivity (Wildman–Crippen MR) is 123 cm³/mol. The van der Waals surface area contributed by atoms with E-state index in [1.807, 2.05) is 37.3 Å². The maximum atomic E-state index is 12.3. The predicted octanol–water partition coefficient (Wildman–Crippen LogP) is 5.14. The summed E-state index contributed by atoms with van der Waals surface area (Å²) in [6.45, 7) is 1.88. The minimum Gasteiger partial charge on any atom is -0.332 e. The molecule has 0 saturated carbocycles. The van der Waals surface area contributed by atoms with Crippen molar-refractivity contribution in [3.05, 3.63) is 94.0 Å². The molecule has 29 heavy (non-hydrogen) atoms. The van der Waals surface area contributed by atoms with Gasteiger partial charge in [0.15, 0.2) is 5.11 Å². The number of nitrogens with one attached hydrogen (secondary N) is 3. The number of rotatable bonds is 4. The quantitative estimate of drug-likeness (QED) is 0.464. The van der Waals surface area contributed by atoms with Crippen LogP contribution < -0.4 is 16.0 Å². The fourth-order valence-corrected chi connectivity index (χ4v) is 3.32. The van der Waals surface area contributed by atoms with E-state index in [1.165, 1.54) is 0 Å². The molecule has 0 spiro atoms. The number of thiocarbonyl (C=S) groups is 1. The van der Waals surface area contributed by atoms with Crippen LogP contribution in [0.3, 0.4) is 0 Å². The third-order valence-corrected chi connectivity index (χ3v) is 5.01. The van der Waals surface area contributed by atoms with Crippen molar-refractivity contribution >= 4 is 56.4 Å². The molecule has 0 radical (unpaired) electrons. The molecular formula is C22H18BrN3O2S. The molecule has 146 valence electrons. The Hall–Kier alpha value is -3.03. The maximum absolute atomic E-state index is 12.3. The normalized spacial score (nSPS) is 10.1. The second-order valence-corrected chi connectivity index (χ2v) is 7.50. The Morgan fingerprint density at radius 1 is 0.862 bits per heavy atom. The minimum atomic E-state index is -0.307. The number of amides is 2. The minimum absolute atomic E-state index is 0.175. The number of hydrogen-bond acceptors (Lipinski definition) is 3. The van der Waals surface area contributed by atoms with Gasteiger partial charge in [0, 0.05) is 21.4 Å². The maximum Gasteiger partial charge on any atom is 0.258 e. The van der Waals surface area contributed by atoms with Crippen molar-refractivity contribution in [3.8, 4) is 0 Å². The zero-order valence-corrected chi connectivity index (χ0v) is 17.9. The Morgan fingerprint density at radius 2 is 1.55 bits per heavy atom. The van der Waals surface area contributed by atoms with Gasteiger partial charge in [-0.3, -0.25) is 14.9 Å². The highest BCUT2D eigenvalue weighted by atomic mass is 79.9. The van der Waals surface area contributed by atoms with E-state index in [0.29, 0.717) is 27.0 Å². The van der Waals surface area contributed by atoms with E-state index in [1.54, 1.807) is 42.5 Å². The Labute approximate surface area is 182 Å². The number of anilines is 2. The summed E-state index contributed by atoms with van der Waals surface area (Å²) >= 11 is 8.59. The largest absolute Gasteiger partial charge is 0.332 e. The molecule has 0 heterocycles. The standard InChI is InChI=1S/C22H18BrN3O2S/c1-14-13-16(11-12-19(14)25-20(27)15-7-3-2-4-8-15)24-22(29)26-21(28)17-9-5-6-10-18(17)23/h2-13H,1H3,(H,25,27)(H2,24,26,28,29). The van der Waals surface area contributed by atoms with Gasteiger partial charge in [0.1, 0.15) is 0 Å². The summed E-state index contributed by atoms with van der Waals surface area (Å²) in [5.41, 5.74) is 3.35. The van der Waals surface area contributed by atoms with E-state index in [0.717, 1.165) is 5.56 Å². The average molecular weight is 468 g/mol. The van der Waals surface area contributed by atoms with Gasteiger partial charge in [0.25, 0.3) is 11.8 Å². The SMILES string of the molecule is Cc1cc(NC(=S)NC(=O)c2ccccc2Br)ccc1NC(=O)c1ccccc1. The Balaban J connectivity index is 1.63. The summed E-state index contributed by atoms with van der Waals surface area (Å²) in [4.78, 5) is 24.6. The van der Waals surface area contributed by atoms with Crippen LogP contribution in [0.4, 0.5) is 11.4 Å². The Kier molecular flexibility index (Phi) is 6.74. The first kappa shape index (κ1) is 20.7. The second-order valence-electron chi connectivity index (χ2n) is 6.24. The van der Waals surface area contributed by atoms with E-state index in [9.17, 15) is 9.59 Å². The summed E-state index contributed by atoms with van der Waals surface area (Å²) in [7, 11) is 0. The molecule has 0 aliphatic rings. The zero-order chi connectivity index (χ0) is 20.8. The lowest BCUT2D eigenvalue weighted by atomic mass is 10.1. The molecule has 7 heteroatoms. The first-order valence-corrected chi connectivity index (χ1v) is 9.98. The van der Waals surface area contributed by atoms with Gasteiger partial charge in [0.05, 0.1) is 5.56 Å².